The maximum absolute atomic E-state index is 14.6. The standard InChI is InChI=1S/C21H19F2NO2/c22-15-6-2-4-13(18(15)23)20-17-11-8-7-10(9-11)16(17)12-3-1-5-14(21(25)26)19(12)24-20/h1-6,10-11,16-17,20,24H,7-9H2,(H,25,26)/t10-,11-,16+,17+,20+/m0/s1. The maximum atomic E-state index is 14.6. The molecule has 0 aromatic heterocycles. The lowest BCUT2D eigenvalue weighted by molar-refractivity contribution is 0.0697. The van der Waals surface area contributed by atoms with Crippen molar-refractivity contribution in [2.24, 2.45) is 17.8 Å². The van der Waals surface area contributed by atoms with E-state index in [4.69, 9.17) is 0 Å². The van der Waals surface area contributed by atoms with E-state index >= 15 is 0 Å². The van der Waals surface area contributed by atoms with Gasteiger partial charge in [0.1, 0.15) is 0 Å². The molecule has 0 spiro atoms. The highest BCUT2D eigenvalue weighted by Gasteiger charge is 2.54. The summed E-state index contributed by atoms with van der Waals surface area (Å²) in [6.45, 7) is 0. The van der Waals surface area contributed by atoms with Gasteiger partial charge in [-0.1, -0.05) is 24.3 Å². The van der Waals surface area contributed by atoms with E-state index in [0.29, 0.717) is 23.1 Å². The van der Waals surface area contributed by atoms with Crippen LogP contribution in [0.25, 0.3) is 0 Å². The van der Waals surface area contributed by atoms with Gasteiger partial charge < -0.3 is 10.4 Å². The molecule has 3 nitrogen and oxygen atoms in total. The van der Waals surface area contributed by atoms with Crippen LogP contribution in [-0.4, -0.2) is 11.1 Å². The van der Waals surface area contributed by atoms with Gasteiger partial charge in [0.05, 0.1) is 17.3 Å². The number of carboxylic acid groups (broad SMARTS) is 1. The minimum absolute atomic E-state index is 0.168. The van der Waals surface area contributed by atoms with Gasteiger partial charge in [-0.05, 0) is 60.6 Å². The molecule has 2 aromatic carbocycles. The van der Waals surface area contributed by atoms with Crippen LogP contribution in [0.15, 0.2) is 36.4 Å². The number of hydrogen-bond acceptors (Lipinski definition) is 2. The largest absolute Gasteiger partial charge is 0.478 e. The van der Waals surface area contributed by atoms with Crippen LogP contribution < -0.4 is 5.32 Å². The van der Waals surface area contributed by atoms with Crippen molar-refractivity contribution < 1.29 is 18.7 Å². The van der Waals surface area contributed by atoms with Crippen LogP contribution in [0.4, 0.5) is 14.5 Å². The first-order valence-electron chi connectivity index (χ1n) is 9.13. The molecular formula is C21H19F2NO2. The lowest BCUT2D eigenvalue weighted by Crippen LogP contribution is -2.36. The van der Waals surface area contributed by atoms with Gasteiger partial charge in [0.25, 0.3) is 0 Å². The average molecular weight is 355 g/mol. The summed E-state index contributed by atoms with van der Waals surface area (Å²) in [5.41, 5.74) is 2.10. The summed E-state index contributed by atoms with van der Waals surface area (Å²) >= 11 is 0. The van der Waals surface area contributed by atoms with Crippen LogP contribution in [-0.2, 0) is 0 Å². The van der Waals surface area contributed by atoms with Crippen LogP contribution in [0.2, 0.25) is 0 Å². The summed E-state index contributed by atoms with van der Waals surface area (Å²) in [5.74, 6) is -1.36. The van der Waals surface area contributed by atoms with Crippen molar-refractivity contribution in [3.63, 3.8) is 0 Å². The molecule has 3 aliphatic rings. The third kappa shape index (κ3) is 2.06. The first kappa shape index (κ1) is 15.8. The predicted octanol–water partition coefficient (Wildman–Crippen LogP) is 4.96. The van der Waals surface area contributed by atoms with Gasteiger partial charge >= 0.3 is 5.97 Å². The molecule has 2 fully saturated rings. The number of fused-ring (bicyclic) bond motifs is 7. The number of anilines is 1. The number of carbonyl (C=O) groups is 1. The smallest absolute Gasteiger partial charge is 0.337 e. The topological polar surface area (TPSA) is 49.3 Å². The Labute approximate surface area is 150 Å². The molecule has 0 unspecified atom stereocenters. The van der Waals surface area contributed by atoms with E-state index in [1.807, 2.05) is 6.07 Å². The molecule has 2 N–H and O–H groups in total. The summed E-state index contributed by atoms with van der Waals surface area (Å²) < 4.78 is 28.5. The molecule has 2 aromatic rings. The van der Waals surface area contributed by atoms with Gasteiger partial charge in [0, 0.05) is 5.56 Å². The highest BCUT2D eigenvalue weighted by atomic mass is 19.2. The molecule has 5 rings (SSSR count). The lowest BCUT2D eigenvalue weighted by atomic mass is 9.67. The van der Waals surface area contributed by atoms with E-state index in [9.17, 15) is 18.7 Å². The number of halogens is 2. The van der Waals surface area contributed by atoms with Crippen LogP contribution in [0.1, 0.15) is 52.7 Å². The minimum Gasteiger partial charge on any atom is -0.478 e. The van der Waals surface area contributed by atoms with Crippen molar-refractivity contribution in [2.45, 2.75) is 31.2 Å². The molecule has 26 heavy (non-hydrogen) atoms. The number of rotatable bonds is 2. The Kier molecular flexibility index (Phi) is 3.36. The Morgan fingerprint density at radius 3 is 2.58 bits per heavy atom. The molecule has 0 amide bonds. The van der Waals surface area contributed by atoms with Gasteiger partial charge in [-0.25, -0.2) is 13.6 Å². The van der Waals surface area contributed by atoms with Crippen molar-refractivity contribution in [3.8, 4) is 0 Å². The number of benzene rings is 2. The minimum atomic E-state index is -1.01. The monoisotopic (exact) mass is 355 g/mol. The Hall–Kier alpha value is -2.43. The highest BCUT2D eigenvalue weighted by Crippen LogP contribution is 2.64. The molecule has 134 valence electrons. The number of aromatic carboxylic acids is 1. The molecule has 2 bridgehead atoms. The van der Waals surface area contributed by atoms with Gasteiger partial charge in [-0.3, -0.25) is 0 Å². The van der Waals surface area contributed by atoms with Crippen LogP contribution in [0.5, 0.6) is 0 Å². The molecule has 1 heterocycles. The normalized spacial score (nSPS) is 31.2. The Morgan fingerprint density at radius 2 is 1.77 bits per heavy atom. The third-order valence-corrected chi connectivity index (χ3v) is 6.67. The fourth-order valence-corrected chi connectivity index (χ4v) is 5.76. The molecule has 5 heteroatoms. The van der Waals surface area contributed by atoms with Gasteiger partial charge in [0.15, 0.2) is 11.6 Å². The molecule has 0 saturated heterocycles. The van der Waals surface area contributed by atoms with Crippen LogP contribution in [0, 0.1) is 29.4 Å². The fourth-order valence-electron chi connectivity index (χ4n) is 5.76. The highest BCUT2D eigenvalue weighted by molar-refractivity contribution is 5.95. The summed E-state index contributed by atoms with van der Waals surface area (Å²) in [4.78, 5) is 11.7. The Morgan fingerprint density at radius 1 is 1.04 bits per heavy atom. The van der Waals surface area contributed by atoms with Crippen molar-refractivity contribution >= 4 is 11.7 Å². The first-order chi connectivity index (χ1) is 12.6. The summed E-state index contributed by atoms with van der Waals surface area (Å²) in [5, 5.41) is 12.9. The van der Waals surface area contributed by atoms with E-state index in [-0.39, 0.29) is 17.4 Å². The molecule has 2 saturated carbocycles. The fraction of sp³-hybridized carbons (Fsp3) is 0.381. The Balaban J connectivity index is 1.71. The SMILES string of the molecule is O=C(O)c1cccc2c1N[C@H](c1cccc(F)c1F)[C@@H]1[C@H]3CC[C@@H](C3)[C@H]21. The van der Waals surface area contributed by atoms with Gasteiger partial charge in [0.2, 0.25) is 0 Å². The number of nitrogens with one attached hydrogen (secondary N) is 1. The first-order valence-corrected chi connectivity index (χ1v) is 9.13. The predicted molar refractivity (Wildman–Crippen MR) is 93.2 cm³/mol. The summed E-state index contributed by atoms with van der Waals surface area (Å²) in [6.07, 6.45) is 3.32. The molecule has 2 aliphatic carbocycles. The zero-order chi connectivity index (χ0) is 18.0. The van der Waals surface area contributed by atoms with E-state index in [2.05, 4.69) is 5.32 Å². The summed E-state index contributed by atoms with van der Waals surface area (Å²) in [7, 11) is 0. The molecule has 5 atom stereocenters. The van der Waals surface area contributed by atoms with E-state index in [1.165, 1.54) is 6.07 Å². The van der Waals surface area contributed by atoms with Crippen molar-refractivity contribution in [2.75, 3.05) is 5.32 Å². The second kappa shape index (κ2) is 5.53. The third-order valence-electron chi connectivity index (χ3n) is 6.67. The van der Waals surface area contributed by atoms with E-state index < -0.39 is 23.6 Å². The van der Waals surface area contributed by atoms with Crippen molar-refractivity contribution in [1.29, 1.82) is 0 Å². The number of carboxylic acids is 1. The van der Waals surface area contributed by atoms with E-state index in [0.717, 1.165) is 30.9 Å². The van der Waals surface area contributed by atoms with Gasteiger partial charge in [-0.2, -0.15) is 0 Å². The van der Waals surface area contributed by atoms with Gasteiger partial charge in [-0.15, -0.1) is 0 Å². The molecule has 0 radical (unpaired) electrons. The maximum Gasteiger partial charge on any atom is 0.337 e. The average Bonchev–Trinajstić information content (AvgIpc) is 3.25. The molecular weight excluding hydrogens is 336 g/mol. The second-order valence-corrected chi connectivity index (χ2v) is 7.78. The Bertz CT molecular complexity index is 913. The second-order valence-electron chi connectivity index (χ2n) is 7.78. The van der Waals surface area contributed by atoms with Crippen molar-refractivity contribution in [1.82, 2.24) is 0 Å². The number of para-hydroxylation sites is 1. The van der Waals surface area contributed by atoms with Crippen LogP contribution in [0.3, 0.4) is 0 Å². The van der Waals surface area contributed by atoms with Crippen molar-refractivity contribution in [3.05, 3.63) is 64.7 Å². The van der Waals surface area contributed by atoms with Crippen LogP contribution >= 0.6 is 0 Å². The quantitative estimate of drug-likeness (QED) is 0.800. The summed E-state index contributed by atoms with van der Waals surface area (Å²) in [6, 6.07) is 9.21. The zero-order valence-corrected chi connectivity index (χ0v) is 14.1. The molecule has 1 aliphatic heterocycles. The van der Waals surface area contributed by atoms with E-state index in [1.54, 1.807) is 18.2 Å². The number of hydrogen-bond donors (Lipinski definition) is 2. The lowest BCUT2D eigenvalue weighted by Gasteiger charge is -2.44. The zero-order valence-electron chi connectivity index (χ0n) is 14.1.